The summed E-state index contributed by atoms with van der Waals surface area (Å²) in [4.78, 5) is 8.67. The fourth-order valence-corrected chi connectivity index (χ4v) is 2.46. The Morgan fingerprint density at radius 2 is 2.14 bits per heavy atom. The van der Waals surface area contributed by atoms with Crippen molar-refractivity contribution in [1.29, 1.82) is 0 Å². The molecular formula is C12H12N2. The van der Waals surface area contributed by atoms with Gasteiger partial charge in [0.2, 0.25) is 0 Å². The van der Waals surface area contributed by atoms with Crippen LogP contribution in [0.25, 0.3) is 0 Å². The van der Waals surface area contributed by atoms with Gasteiger partial charge in [0, 0.05) is 24.0 Å². The molecule has 3 aliphatic rings. The summed E-state index contributed by atoms with van der Waals surface area (Å²) < 4.78 is 0. The second-order valence-electron chi connectivity index (χ2n) is 4.43. The van der Waals surface area contributed by atoms with Gasteiger partial charge in [-0.25, -0.2) is 0 Å². The van der Waals surface area contributed by atoms with Gasteiger partial charge in [0.25, 0.3) is 0 Å². The summed E-state index contributed by atoms with van der Waals surface area (Å²) in [6, 6.07) is 0. The molecule has 1 aliphatic carbocycles. The van der Waals surface area contributed by atoms with E-state index in [1.165, 1.54) is 5.57 Å². The van der Waals surface area contributed by atoms with E-state index in [1.54, 1.807) is 0 Å². The Labute approximate surface area is 83.5 Å². The van der Waals surface area contributed by atoms with Gasteiger partial charge in [0.05, 0.1) is 11.1 Å². The molecule has 70 valence electrons. The summed E-state index contributed by atoms with van der Waals surface area (Å²) in [6.07, 6.45) is 12.3. The summed E-state index contributed by atoms with van der Waals surface area (Å²) in [7, 11) is 0. The Bertz CT molecular complexity index is 413. The molecule has 0 aromatic heterocycles. The van der Waals surface area contributed by atoms with Gasteiger partial charge in [-0.3, -0.25) is 9.98 Å². The standard InChI is InChI=1S/C12H12N2/c1-11-5-3-9-4-6-13-7-10(14-8-11)12(9,11)2/h3-8H,1-2H3. The predicted molar refractivity (Wildman–Crippen MR) is 58.5 cm³/mol. The van der Waals surface area contributed by atoms with Crippen LogP contribution in [0.4, 0.5) is 0 Å². The summed E-state index contributed by atoms with van der Waals surface area (Å²) >= 11 is 0. The first-order valence-corrected chi connectivity index (χ1v) is 4.86. The number of aliphatic imine (C=N–C) groups is 2. The van der Waals surface area contributed by atoms with Crippen molar-refractivity contribution in [1.82, 2.24) is 0 Å². The van der Waals surface area contributed by atoms with E-state index in [9.17, 15) is 0 Å². The lowest BCUT2D eigenvalue weighted by Crippen LogP contribution is -2.31. The SMILES string of the molecule is CC12C=CC3=CC=NC=C(N=C1)C32C. The smallest absolute Gasteiger partial charge is 0.0697 e. The first-order chi connectivity index (χ1) is 6.67. The number of hydrogen-bond acceptors (Lipinski definition) is 2. The van der Waals surface area contributed by atoms with E-state index in [1.807, 2.05) is 18.6 Å². The third-order valence-electron chi connectivity index (χ3n) is 3.78. The molecule has 2 atom stereocenters. The summed E-state index contributed by atoms with van der Waals surface area (Å²) in [5, 5.41) is 0. The maximum atomic E-state index is 4.47. The number of allylic oxidation sites excluding steroid dienone is 4. The third-order valence-corrected chi connectivity index (χ3v) is 3.78. The van der Waals surface area contributed by atoms with Crippen molar-refractivity contribution in [2.24, 2.45) is 20.8 Å². The molecule has 0 amide bonds. The molecule has 0 aromatic rings. The zero-order chi connectivity index (χ0) is 9.81. The Kier molecular flexibility index (Phi) is 1.21. The highest BCUT2D eigenvalue weighted by atomic mass is 14.9. The first kappa shape index (κ1) is 7.92. The molecule has 2 heteroatoms. The maximum Gasteiger partial charge on any atom is 0.0697 e. The van der Waals surface area contributed by atoms with Gasteiger partial charge >= 0.3 is 0 Å². The zero-order valence-corrected chi connectivity index (χ0v) is 8.36. The molecule has 0 aromatic carbocycles. The van der Waals surface area contributed by atoms with E-state index < -0.39 is 0 Å². The molecule has 2 heterocycles. The van der Waals surface area contributed by atoms with E-state index in [0.717, 1.165) is 5.70 Å². The molecule has 3 rings (SSSR count). The lowest BCUT2D eigenvalue weighted by Gasteiger charge is -2.33. The van der Waals surface area contributed by atoms with Gasteiger partial charge in [-0.1, -0.05) is 12.2 Å². The quantitative estimate of drug-likeness (QED) is 0.552. The molecule has 0 bridgehead atoms. The Balaban J connectivity index is 2.34. The third kappa shape index (κ3) is 0.649. The summed E-state index contributed by atoms with van der Waals surface area (Å²) in [5.74, 6) is 0. The van der Waals surface area contributed by atoms with E-state index in [-0.39, 0.29) is 10.8 Å². The largest absolute Gasteiger partial charge is 0.263 e. The van der Waals surface area contributed by atoms with Crippen LogP contribution in [0.1, 0.15) is 13.8 Å². The average Bonchev–Trinajstić information content (AvgIpc) is 2.49. The zero-order valence-electron chi connectivity index (χ0n) is 8.36. The molecule has 0 fully saturated rings. The highest BCUT2D eigenvalue weighted by Crippen LogP contribution is 2.58. The van der Waals surface area contributed by atoms with E-state index in [0.29, 0.717) is 0 Å². The topological polar surface area (TPSA) is 24.7 Å². The number of rotatable bonds is 0. The summed E-state index contributed by atoms with van der Waals surface area (Å²) in [6.45, 7) is 4.46. The normalized spacial score (nSPS) is 42.1. The van der Waals surface area contributed by atoms with Gasteiger partial charge in [0.1, 0.15) is 0 Å². The highest BCUT2D eigenvalue weighted by molar-refractivity contribution is 5.84. The van der Waals surface area contributed by atoms with Gasteiger partial charge in [-0.15, -0.1) is 0 Å². The lowest BCUT2D eigenvalue weighted by molar-refractivity contribution is 0.351. The number of nitrogens with zero attached hydrogens (tertiary/aromatic N) is 2. The molecule has 2 nitrogen and oxygen atoms in total. The molecule has 0 radical (unpaired) electrons. The fraction of sp³-hybridized carbons (Fsp3) is 0.333. The molecule has 0 spiro atoms. The molecule has 14 heavy (non-hydrogen) atoms. The predicted octanol–water partition coefficient (Wildman–Crippen LogP) is 2.51. The summed E-state index contributed by atoms with van der Waals surface area (Å²) in [5.41, 5.74) is 2.43. The van der Waals surface area contributed by atoms with Gasteiger partial charge in [-0.2, -0.15) is 0 Å². The van der Waals surface area contributed by atoms with Crippen LogP contribution in [0.3, 0.4) is 0 Å². The van der Waals surface area contributed by atoms with Crippen molar-refractivity contribution in [3.63, 3.8) is 0 Å². The van der Waals surface area contributed by atoms with Crippen LogP contribution in [0.15, 0.2) is 45.7 Å². The lowest BCUT2D eigenvalue weighted by atomic mass is 9.67. The van der Waals surface area contributed by atoms with Crippen molar-refractivity contribution >= 4 is 12.4 Å². The van der Waals surface area contributed by atoms with Crippen LogP contribution in [-0.4, -0.2) is 12.4 Å². The van der Waals surface area contributed by atoms with Crippen LogP contribution in [0.2, 0.25) is 0 Å². The molecule has 0 saturated carbocycles. The Hall–Kier alpha value is -1.44. The minimum absolute atomic E-state index is 0.00347. The highest BCUT2D eigenvalue weighted by Gasteiger charge is 2.53. The monoisotopic (exact) mass is 184 g/mol. The van der Waals surface area contributed by atoms with Crippen LogP contribution >= 0.6 is 0 Å². The van der Waals surface area contributed by atoms with E-state index in [2.05, 4.69) is 42.1 Å². The van der Waals surface area contributed by atoms with Crippen LogP contribution < -0.4 is 0 Å². The van der Waals surface area contributed by atoms with Crippen LogP contribution in [-0.2, 0) is 0 Å². The van der Waals surface area contributed by atoms with E-state index in [4.69, 9.17) is 0 Å². The molecular weight excluding hydrogens is 172 g/mol. The second kappa shape index (κ2) is 2.14. The fourth-order valence-electron chi connectivity index (χ4n) is 2.46. The van der Waals surface area contributed by atoms with Gasteiger partial charge in [0.15, 0.2) is 0 Å². The second-order valence-corrected chi connectivity index (χ2v) is 4.43. The van der Waals surface area contributed by atoms with Crippen molar-refractivity contribution in [3.05, 3.63) is 35.7 Å². The van der Waals surface area contributed by atoms with Gasteiger partial charge < -0.3 is 0 Å². The molecule has 2 aliphatic heterocycles. The molecule has 0 N–H and O–H groups in total. The van der Waals surface area contributed by atoms with Crippen molar-refractivity contribution < 1.29 is 0 Å². The molecule has 2 unspecified atom stereocenters. The van der Waals surface area contributed by atoms with Crippen molar-refractivity contribution in [2.75, 3.05) is 0 Å². The maximum absolute atomic E-state index is 4.47. The van der Waals surface area contributed by atoms with Crippen molar-refractivity contribution in [3.8, 4) is 0 Å². The Morgan fingerprint density at radius 1 is 1.29 bits per heavy atom. The van der Waals surface area contributed by atoms with Crippen LogP contribution in [0, 0.1) is 10.8 Å². The average molecular weight is 184 g/mol. The first-order valence-electron chi connectivity index (χ1n) is 4.86. The molecule has 0 saturated heterocycles. The minimum atomic E-state index is 0.00347. The van der Waals surface area contributed by atoms with Crippen molar-refractivity contribution in [2.45, 2.75) is 13.8 Å². The van der Waals surface area contributed by atoms with Gasteiger partial charge in [-0.05, 0) is 25.5 Å². The van der Waals surface area contributed by atoms with Crippen LogP contribution in [0.5, 0.6) is 0 Å². The number of hydrogen-bond donors (Lipinski definition) is 0. The minimum Gasteiger partial charge on any atom is -0.263 e. The Morgan fingerprint density at radius 3 is 3.00 bits per heavy atom. The van der Waals surface area contributed by atoms with E-state index >= 15 is 0 Å².